The fourth-order valence-electron chi connectivity index (χ4n) is 2.23. The summed E-state index contributed by atoms with van der Waals surface area (Å²) in [5, 5.41) is 0. The van der Waals surface area contributed by atoms with E-state index in [0.29, 0.717) is 0 Å². The lowest BCUT2D eigenvalue weighted by Crippen LogP contribution is -1.92. The van der Waals surface area contributed by atoms with Crippen molar-refractivity contribution in [1.82, 2.24) is 0 Å². The summed E-state index contributed by atoms with van der Waals surface area (Å²) >= 11 is 5.22. The summed E-state index contributed by atoms with van der Waals surface area (Å²) in [6.07, 6.45) is 0. The Labute approximate surface area is 136 Å². The highest BCUT2D eigenvalue weighted by molar-refractivity contribution is 7.80. The first-order valence-electron chi connectivity index (χ1n) is 6.58. The molecule has 0 spiro atoms. The fourth-order valence-corrected chi connectivity index (χ4v) is 4.62. The first-order chi connectivity index (χ1) is 10.1. The molecule has 2 aromatic carbocycles. The van der Waals surface area contributed by atoms with Crippen molar-refractivity contribution in [3.63, 3.8) is 0 Å². The molecule has 1 heterocycles. The van der Waals surface area contributed by atoms with Crippen molar-refractivity contribution in [3.05, 3.63) is 63.5 Å². The number of hydrogen-bond acceptors (Lipinski definition) is 4. The minimum atomic E-state index is 0.864. The lowest BCUT2D eigenvalue weighted by Gasteiger charge is -2.13. The molecule has 3 rings (SSSR count). The molecule has 4 heteroatoms. The van der Waals surface area contributed by atoms with Gasteiger partial charge in [-0.25, -0.2) is 0 Å². The zero-order valence-electron chi connectivity index (χ0n) is 11.8. The molecule has 0 fully saturated rings. The van der Waals surface area contributed by atoms with E-state index in [-0.39, 0.29) is 0 Å². The first kappa shape index (κ1) is 14.4. The zero-order valence-corrected chi connectivity index (χ0v) is 14.2. The van der Waals surface area contributed by atoms with Gasteiger partial charge in [0.2, 0.25) is 0 Å². The van der Waals surface area contributed by atoms with Crippen LogP contribution in [-0.4, -0.2) is 0 Å². The van der Waals surface area contributed by atoms with Crippen LogP contribution in [0, 0.1) is 17.7 Å². The summed E-state index contributed by atoms with van der Waals surface area (Å²) < 4.78 is 6.96. The van der Waals surface area contributed by atoms with Gasteiger partial charge in [0, 0.05) is 4.88 Å². The van der Waals surface area contributed by atoms with Crippen LogP contribution >= 0.6 is 32.9 Å². The normalized spacial score (nSPS) is 10.6. The summed E-state index contributed by atoms with van der Waals surface area (Å²) in [7, 11) is 3.37. The van der Waals surface area contributed by atoms with Gasteiger partial charge in [0.05, 0.1) is 0 Å². The van der Waals surface area contributed by atoms with Gasteiger partial charge in [-0.05, 0) is 60.9 Å². The maximum Gasteiger partial charge on any atom is 0.133 e. The SMILES string of the molecule is Cc1cc(-c2cc(=S)ss2)cc(C)c1Oc1ccccc1. The topological polar surface area (TPSA) is 9.23 Å². The van der Waals surface area contributed by atoms with Crippen LogP contribution in [0.2, 0.25) is 0 Å². The van der Waals surface area contributed by atoms with E-state index in [9.17, 15) is 0 Å². The first-order valence-corrected chi connectivity index (χ1v) is 9.14. The van der Waals surface area contributed by atoms with Gasteiger partial charge in [0.15, 0.2) is 0 Å². The van der Waals surface area contributed by atoms with Crippen molar-refractivity contribution in [2.75, 3.05) is 0 Å². The monoisotopic (exact) mass is 330 g/mol. The molecule has 0 saturated heterocycles. The molecule has 0 saturated carbocycles. The number of aryl methyl sites for hydroxylation is 2. The quantitative estimate of drug-likeness (QED) is 0.394. The van der Waals surface area contributed by atoms with Crippen LogP contribution in [-0.2, 0) is 0 Å². The third-order valence-electron chi connectivity index (χ3n) is 3.17. The highest BCUT2D eigenvalue weighted by atomic mass is 32.9. The summed E-state index contributed by atoms with van der Waals surface area (Å²) in [6.45, 7) is 4.17. The largest absolute Gasteiger partial charge is 0.457 e. The van der Waals surface area contributed by atoms with Gasteiger partial charge in [-0.3, -0.25) is 0 Å². The predicted octanol–water partition coefficient (Wildman–Crippen LogP) is 6.62. The molecule has 1 nitrogen and oxygen atoms in total. The predicted molar refractivity (Wildman–Crippen MR) is 94.5 cm³/mol. The van der Waals surface area contributed by atoms with Gasteiger partial charge in [0.1, 0.15) is 15.3 Å². The van der Waals surface area contributed by atoms with Crippen molar-refractivity contribution < 1.29 is 4.74 Å². The number of rotatable bonds is 3. The van der Waals surface area contributed by atoms with Gasteiger partial charge >= 0.3 is 0 Å². The van der Waals surface area contributed by atoms with Crippen molar-refractivity contribution in [3.8, 4) is 21.9 Å². The molecule has 0 radical (unpaired) electrons. The van der Waals surface area contributed by atoms with Crippen LogP contribution in [0.3, 0.4) is 0 Å². The molecule has 0 aliphatic heterocycles. The molecule has 0 N–H and O–H groups in total. The number of ether oxygens (including phenoxy) is 1. The fraction of sp³-hybridized carbons (Fsp3) is 0.118. The van der Waals surface area contributed by atoms with E-state index in [1.165, 1.54) is 10.4 Å². The lowest BCUT2D eigenvalue weighted by atomic mass is 10.0. The number of benzene rings is 2. The van der Waals surface area contributed by atoms with Gasteiger partial charge in [-0.2, -0.15) is 0 Å². The van der Waals surface area contributed by atoms with Crippen molar-refractivity contribution in [2.45, 2.75) is 13.8 Å². The van der Waals surface area contributed by atoms with Crippen molar-refractivity contribution in [1.29, 1.82) is 0 Å². The molecule has 21 heavy (non-hydrogen) atoms. The third kappa shape index (κ3) is 3.23. The summed E-state index contributed by atoms with van der Waals surface area (Å²) in [5.41, 5.74) is 3.49. The Balaban J connectivity index is 1.98. The van der Waals surface area contributed by atoms with Gasteiger partial charge in [-0.1, -0.05) is 51.1 Å². The van der Waals surface area contributed by atoms with E-state index in [1.54, 1.807) is 20.7 Å². The van der Waals surface area contributed by atoms with Crippen LogP contribution in [0.25, 0.3) is 10.4 Å². The van der Waals surface area contributed by atoms with Gasteiger partial charge in [-0.15, -0.1) is 0 Å². The molecule has 0 unspecified atom stereocenters. The summed E-state index contributed by atoms with van der Waals surface area (Å²) in [6, 6.07) is 16.3. The Morgan fingerprint density at radius 3 is 2.14 bits per heavy atom. The molecule has 0 atom stereocenters. The molecule has 0 aliphatic carbocycles. The molecule has 1 aromatic heterocycles. The molecule has 3 aromatic rings. The second-order valence-electron chi connectivity index (χ2n) is 4.85. The van der Waals surface area contributed by atoms with Crippen LogP contribution in [0.1, 0.15) is 11.1 Å². The second kappa shape index (κ2) is 6.10. The molecule has 0 aliphatic rings. The Morgan fingerprint density at radius 2 is 1.57 bits per heavy atom. The summed E-state index contributed by atoms with van der Waals surface area (Å²) in [4.78, 5) is 1.22. The van der Waals surface area contributed by atoms with E-state index >= 15 is 0 Å². The Hall–Kier alpha value is -1.49. The second-order valence-corrected chi connectivity index (χ2v) is 7.76. The van der Waals surface area contributed by atoms with Gasteiger partial charge in [0.25, 0.3) is 0 Å². The summed E-state index contributed by atoms with van der Waals surface area (Å²) in [5.74, 6) is 1.80. The van der Waals surface area contributed by atoms with E-state index in [2.05, 4.69) is 32.0 Å². The van der Waals surface area contributed by atoms with Crippen LogP contribution in [0.15, 0.2) is 48.5 Å². The number of hydrogen-bond donors (Lipinski definition) is 0. The Kier molecular flexibility index (Phi) is 4.19. The maximum atomic E-state index is 6.02. The van der Waals surface area contributed by atoms with E-state index in [0.717, 1.165) is 26.4 Å². The minimum absolute atomic E-state index is 0.864. The molecular weight excluding hydrogens is 316 g/mol. The molecule has 106 valence electrons. The van der Waals surface area contributed by atoms with Crippen molar-refractivity contribution in [2.24, 2.45) is 0 Å². The average molecular weight is 330 g/mol. The number of para-hydroxylation sites is 1. The van der Waals surface area contributed by atoms with E-state index in [4.69, 9.17) is 17.0 Å². The zero-order chi connectivity index (χ0) is 14.8. The highest BCUT2D eigenvalue weighted by Gasteiger charge is 2.10. The van der Waals surface area contributed by atoms with E-state index in [1.807, 2.05) is 30.3 Å². The average Bonchev–Trinajstić information content (AvgIpc) is 2.90. The maximum absolute atomic E-state index is 6.02. The van der Waals surface area contributed by atoms with Crippen LogP contribution in [0.5, 0.6) is 11.5 Å². The van der Waals surface area contributed by atoms with E-state index < -0.39 is 0 Å². The minimum Gasteiger partial charge on any atom is -0.457 e. The molecule has 0 bridgehead atoms. The van der Waals surface area contributed by atoms with Crippen molar-refractivity contribution >= 4 is 32.9 Å². The Morgan fingerprint density at radius 1 is 0.905 bits per heavy atom. The molecule has 0 amide bonds. The smallest absolute Gasteiger partial charge is 0.133 e. The molecular formula is C17H14OS3. The van der Waals surface area contributed by atoms with Gasteiger partial charge < -0.3 is 4.74 Å². The lowest BCUT2D eigenvalue weighted by molar-refractivity contribution is 0.475. The Bertz CT molecular complexity index is 792. The van der Waals surface area contributed by atoms with Crippen LogP contribution in [0.4, 0.5) is 0 Å². The third-order valence-corrected chi connectivity index (χ3v) is 6.08. The standard InChI is InChI=1S/C17H14OS3/c1-11-8-13(15-10-16(19)21-20-15)9-12(2)17(11)18-14-6-4-3-5-7-14/h3-10H,1-2H3. The highest BCUT2D eigenvalue weighted by Crippen LogP contribution is 2.36. The van der Waals surface area contributed by atoms with Crippen LogP contribution < -0.4 is 4.74 Å².